The average molecular weight is 445 g/mol. The van der Waals surface area contributed by atoms with Crippen LogP contribution >= 0.6 is 0 Å². The Balaban J connectivity index is 1.70. The summed E-state index contributed by atoms with van der Waals surface area (Å²) in [7, 11) is -1.97. The summed E-state index contributed by atoms with van der Waals surface area (Å²) in [5, 5.41) is 3.08. The number of ether oxygens (including phenoxy) is 1. The molecule has 0 spiro atoms. The summed E-state index contributed by atoms with van der Waals surface area (Å²) in [6, 6.07) is 14.8. The number of hydrogen-bond donors (Lipinski definition) is 1. The molecule has 1 amide bonds. The smallest absolute Gasteiger partial charge is 0.243 e. The summed E-state index contributed by atoms with van der Waals surface area (Å²) in [6.45, 7) is 3.16. The first-order chi connectivity index (χ1) is 15.0. The number of rotatable bonds is 9. The summed E-state index contributed by atoms with van der Waals surface area (Å²) < 4.78 is 33.0. The minimum Gasteiger partial charge on any atom is -0.496 e. The molecule has 1 aliphatic heterocycles. The molecule has 3 rings (SSSR count). The van der Waals surface area contributed by atoms with Gasteiger partial charge in [-0.05, 0) is 55.0 Å². The van der Waals surface area contributed by atoms with Crippen LogP contribution in [0.5, 0.6) is 5.75 Å². The SMILES string of the molecule is CC[C@H](NC(=O)CCc1cc(S(=O)(=O)N2CCCCC2)ccc1OC)c1ccccc1. The van der Waals surface area contributed by atoms with E-state index >= 15 is 0 Å². The monoisotopic (exact) mass is 444 g/mol. The van der Waals surface area contributed by atoms with Crippen molar-refractivity contribution in [1.82, 2.24) is 9.62 Å². The van der Waals surface area contributed by atoms with Crippen LogP contribution in [0, 0.1) is 0 Å². The van der Waals surface area contributed by atoms with Gasteiger partial charge in [0.05, 0.1) is 18.0 Å². The largest absolute Gasteiger partial charge is 0.496 e. The van der Waals surface area contributed by atoms with Gasteiger partial charge >= 0.3 is 0 Å². The van der Waals surface area contributed by atoms with Crippen LogP contribution in [-0.4, -0.2) is 38.8 Å². The van der Waals surface area contributed by atoms with E-state index in [-0.39, 0.29) is 23.3 Å². The Morgan fingerprint density at radius 3 is 2.45 bits per heavy atom. The number of nitrogens with one attached hydrogen (secondary N) is 1. The number of carbonyl (C=O) groups excluding carboxylic acids is 1. The average Bonchev–Trinajstić information content (AvgIpc) is 2.82. The fourth-order valence-corrected chi connectivity index (χ4v) is 5.55. The van der Waals surface area contributed by atoms with Gasteiger partial charge in [-0.2, -0.15) is 4.31 Å². The summed E-state index contributed by atoms with van der Waals surface area (Å²) in [5.41, 5.74) is 1.80. The van der Waals surface area contributed by atoms with Gasteiger partial charge < -0.3 is 10.1 Å². The van der Waals surface area contributed by atoms with Gasteiger partial charge in [0, 0.05) is 19.5 Å². The molecule has 0 bridgehead atoms. The molecular formula is C24H32N2O4S. The van der Waals surface area contributed by atoms with Crippen molar-refractivity contribution in [1.29, 1.82) is 0 Å². The molecule has 0 saturated carbocycles. The van der Waals surface area contributed by atoms with Crippen molar-refractivity contribution in [2.24, 2.45) is 0 Å². The van der Waals surface area contributed by atoms with Crippen LogP contribution in [0.2, 0.25) is 0 Å². The topological polar surface area (TPSA) is 75.7 Å². The number of nitrogens with zero attached hydrogens (tertiary/aromatic N) is 1. The van der Waals surface area contributed by atoms with Gasteiger partial charge in [0.2, 0.25) is 15.9 Å². The van der Waals surface area contributed by atoms with Crippen molar-refractivity contribution >= 4 is 15.9 Å². The molecule has 2 aromatic rings. The third-order valence-electron chi connectivity index (χ3n) is 5.77. The Hall–Kier alpha value is -2.38. The van der Waals surface area contributed by atoms with Gasteiger partial charge in [-0.25, -0.2) is 8.42 Å². The molecule has 0 radical (unpaired) electrons. The maximum absolute atomic E-state index is 13.0. The lowest BCUT2D eigenvalue weighted by Gasteiger charge is -2.26. The number of carbonyl (C=O) groups is 1. The first-order valence-corrected chi connectivity index (χ1v) is 12.4. The molecule has 1 fully saturated rings. The third-order valence-corrected chi connectivity index (χ3v) is 7.67. The first kappa shape index (κ1) is 23.3. The maximum atomic E-state index is 13.0. The molecule has 7 heteroatoms. The minimum absolute atomic E-state index is 0.0404. The Bertz CT molecular complexity index is 970. The molecule has 1 N–H and O–H groups in total. The van der Waals surface area contributed by atoms with Crippen molar-refractivity contribution in [2.75, 3.05) is 20.2 Å². The van der Waals surface area contributed by atoms with Crippen LogP contribution in [0.3, 0.4) is 0 Å². The molecule has 1 saturated heterocycles. The highest BCUT2D eigenvalue weighted by Gasteiger charge is 2.26. The Morgan fingerprint density at radius 1 is 1.10 bits per heavy atom. The standard InChI is InChI=1S/C24H32N2O4S/c1-3-22(19-10-6-4-7-11-19)25-24(27)15-12-20-18-21(13-14-23(20)30-2)31(28,29)26-16-8-5-9-17-26/h4,6-7,10-11,13-14,18,22H,3,5,8-9,12,15-17H2,1-2H3,(H,25,27)/t22-/m0/s1. The molecule has 6 nitrogen and oxygen atoms in total. The summed E-state index contributed by atoms with van der Waals surface area (Å²) in [5.74, 6) is 0.530. The highest BCUT2D eigenvalue weighted by molar-refractivity contribution is 7.89. The Labute approximate surface area is 185 Å². The lowest BCUT2D eigenvalue weighted by atomic mass is 10.0. The van der Waals surface area contributed by atoms with Crippen LogP contribution in [0.1, 0.15) is 56.2 Å². The van der Waals surface area contributed by atoms with Crippen molar-refractivity contribution in [3.8, 4) is 5.75 Å². The number of hydrogen-bond acceptors (Lipinski definition) is 4. The van der Waals surface area contributed by atoms with Crippen molar-refractivity contribution in [3.05, 3.63) is 59.7 Å². The predicted octanol–water partition coefficient (Wildman–Crippen LogP) is 4.07. The van der Waals surface area contributed by atoms with E-state index in [2.05, 4.69) is 5.32 Å². The zero-order valence-corrected chi connectivity index (χ0v) is 19.2. The fourth-order valence-electron chi connectivity index (χ4n) is 3.99. The second-order valence-corrected chi connectivity index (χ2v) is 9.82. The van der Waals surface area contributed by atoms with E-state index in [4.69, 9.17) is 4.74 Å². The third kappa shape index (κ3) is 5.86. The summed E-state index contributed by atoms with van der Waals surface area (Å²) in [6.07, 6.45) is 4.31. The molecule has 31 heavy (non-hydrogen) atoms. The first-order valence-electron chi connectivity index (χ1n) is 11.0. The minimum atomic E-state index is -3.53. The fraction of sp³-hybridized carbons (Fsp3) is 0.458. The normalized spacial score (nSPS) is 15.9. The lowest BCUT2D eigenvalue weighted by molar-refractivity contribution is -0.121. The van der Waals surface area contributed by atoms with Gasteiger partial charge in [-0.3, -0.25) is 4.79 Å². The van der Waals surface area contributed by atoms with Gasteiger partial charge in [-0.15, -0.1) is 0 Å². The van der Waals surface area contributed by atoms with Crippen molar-refractivity contribution in [3.63, 3.8) is 0 Å². The number of amides is 1. The van der Waals surface area contributed by atoms with Gasteiger partial charge in [0.25, 0.3) is 0 Å². The molecule has 0 unspecified atom stereocenters. The van der Waals surface area contributed by atoms with Crippen LogP contribution in [0.25, 0.3) is 0 Å². The van der Waals surface area contributed by atoms with E-state index in [0.29, 0.717) is 25.3 Å². The zero-order valence-electron chi connectivity index (χ0n) is 18.3. The molecule has 0 aromatic heterocycles. The van der Waals surface area contributed by atoms with E-state index in [1.54, 1.807) is 29.6 Å². The maximum Gasteiger partial charge on any atom is 0.243 e. The van der Waals surface area contributed by atoms with Crippen LogP contribution < -0.4 is 10.1 Å². The number of aryl methyl sites for hydroxylation is 1. The molecular weight excluding hydrogens is 412 g/mol. The second-order valence-electron chi connectivity index (χ2n) is 7.88. The summed E-state index contributed by atoms with van der Waals surface area (Å²) in [4.78, 5) is 12.9. The van der Waals surface area contributed by atoms with E-state index in [1.807, 2.05) is 37.3 Å². The zero-order chi connectivity index (χ0) is 22.3. The van der Waals surface area contributed by atoms with Gasteiger partial charge in [0.15, 0.2) is 0 Å². The predicted molar refractivity (Wildman–Crippen MR) is 122 cm³/mol. The highest BCUT2D eigenvalue weighted by Crippen LogP contribution is 2.27. The Morgan fingerprint density at radius 2 is 1.81 bits per heavy atom. The van der Waals surface area contributed by atoms with Crippen LogP contribution in [0.4, 0.5) is 0 Å². The molecule has 168 valence electrons. The highest BCUT2D eigenvalue weighted by atomic mass is 32.2. The Kier molecular flexibility index (Phi) is 8.09. The number of benzene rings is 2. The van der Waals surface area contributed by atoms with Gasteiger partial charge in [0.1, 0.15) is 5.75 Å². The molecule has 1 heterocycles. The van der Waals surface area contributed by atoms with E-state index < -0.39 is 10.0 Å². The van der Waals surface area contributed by atoms with E-state index in [1.165, 1.54) is 0 Å². The number of methoxy groups -OCH3 is 1. The van der Waals surface area contributed by atoms with E-state index in [0.717, 1.165) is 36.8 Å². The number of sulfonamides is 1. The van der Waals surface area contributed by atoms with E-state index in [9.17, 15) is 13.2 Å². The molecule has 1 aliphatic rings. The molecule has 0 aliphatic carbocycles. The van der Waals surface area contributed by atoms with Crippen LogP contribution in [-0.2, 0) is 21.2 Å². The lowest BCUT2D eigenvalue weighted by Crippen LogP contribution is -2.35. The van der Waals surface area contributed by atoms with Crippen molar-refractivity contribution in [2.45, 2.75) is 56.4 Å². The number of piperidine rings is 1. The van der Waals surface area contributed by atoms with Gasteiger partial charge in [-0.1, -0.05) is 43.7 Å². The summed E-state index contributed by atoms with van der Waals surface area (Å²) >= 11 is 0. The second kappa shape index (κ2) is 10.8. The molecule has 1 atom stereocenters. The quantitative estimate of drug-likeness (QED) is 0.633. The van der Waals surface area contributed by atoms with Crippen LogP contribution in [0.15, 0.2) is 53.4 Å². The molecule has 2 aromatic carbocycles. The van der Waals surface area contributed by atoms with Crippen molar-refractivity contribution < 1.29 is 17.9 Å².